The molecule has 1 aromatic heterocycles. The van der Waals surface area contributed by atoms with Gasteiger partial charge in [0.15, 0.2) is 0 Å². The fourth-order valence-corrected chi connectivity index (χ4v) is 2.93. The summed E-state index contributed by atoms with van der Waals surface area (Å²) in [6, 6.07) is 2.29. The highest BCUT2D eigenvalue weighted by Crippen LogP contribution is 2.29. The summed E-state index contributed by atoms with van der Waals surface area (Å²) in [6.45, 7) is 7.31. The second-order valence-electron chi connectivity index (χ2n) is 4.63. The quantitative estimate of drug-likeness (QED) is 0.895. The van der Waals surface area contributed by atoms with E-state index in [4.69, 9.17) is 0 Å². The molecule has 1 unspecified atom stereocenters. The van der Waals surface area contributed by atoms with Crippen molar-refractivity contribution in [2.24, 2.45) is 0 Å². The number of aryl methyl sites for hydroxylation is 3. The van der Waals surface area contributed by atoms with E-state index in [-0.39, 0.29) is 11.7 Å². The summed E-state index contributed by atoms with van der Waals surface area (Å²) in [6.07, 6.45) is 0. The smallest absolute Gasteiger partial charge is 0.146 e. The van der Waals surface area contributed by atoms with Crippen LogP contribution in [0.4, 0.5) is 14.5 Å². The number of aromatic nitrogens is 1. The van der Waals surface area contributed by atoms with Crippen LogP contribution >= 0.6 is 11.3 Å². The molecule has 102 valence electrons. The third-order valence-electron chi connectivity index (χ3n) is 2.95. The minimum atomic E-state index is -0.440. The average molecular weight is 282 g/mol. The Morgan fingerprint density at radius 3 is 2.42 bits per heavy atom. The summed E-state index contributed by atoms with van der Waals surface area (Å²) < 4.78 is 27.2. The molecule has 0 saturated carbocycles. The maximum absolute atomic E-state index is 13.8. The summed E-state index contributed by atoms with van der Waals surface area (Å²) in [4.78, 5) is 5.38. The third-order valence-corrected chi connectivity index (χ3v) is 4.21. The van der Waals surface area contributed by atoms with Gasteiger partial charge in [0, 0.05) is 10.9 Å². The standard InChI is InChI=1S/C14H16F2N2S/c1-7-5-12(16)13(6-11(7)15)18-9(3)14-8(2)17-10(4)19-14/h5-6,9,18H,1-4H3. The number of hydrogen-bond acceptors (Lipinski definition) is 3. The average Bonchev–Trinajstić information content (AvgIpc) is 2.65. The van der Waals surface area contributed by atoms with Crippen LogP contribution in [0.25, 0.3) is 0 Å². The highest BCUT2D eigenvalue weighted by Gasteiger charge is 2.15. The summed E-state index contributed by atoms with van der Waals surface area (Å²) in [5, 5.41) is 3.97. The molecule has 0 bridgehead atoms. The van der Waals surface area contributed by atoms with Crippen LogP contribution in [0.3, 0.4) is 0 Å². The highest BCUT2D eigenvalue weighted by molar-refractivity contribution is 7.11. The molecule has 2 rings (SSSR count). The number of rotatable bonds is 3. The lowest BCUT2D eigenvalue weighted by atomic mass is 10.1. The van der Waals surface area contributed by atoms with Crippen LogP contribution in [-0.2, 0) is 0 Å². The molecule has 0 aliphatic heterocycles. The van der Waals surface area contributed by atoms with Crippen molar-refractivity contribution in [2.75, 3.05) is 5.32 Å². The molecule has 0 amide bonds. The van der Waals surface area contributed by atoms with Gasteiger partial charge in [-0.05, 0) is 39.3 Å². The Balaban J connectivity index is 2.26. The summed E-state index contributed by atoms with van der Waals surface area (Å²) in [5.41, 5.74) is 1.41. The summed E-state index contributed by atoms with van der Waals surface area (Å²) >= 11 is 1.57. The van der Waals surface area contributed by atoms with Gasteiger partial charge in [0.25, 0.3) is 0 Å². The van der Waals surface area contributed by atoms with Gasteiger partial charge in [-0.15, -0.1) is 11.3 Å². The van der Waals surface area contributed by atoms with Gasteiger partial charge in [-0.1, -0.05) is 0 Å². The van der Waals surface area contributed by atoms with Gasteiger partial charge in [-0.3, -0.25) is 0 Å². The van der Waals surface area contributed by atoms with E-state index in [1.165, 1.54) is 12.1 Å². The van der Waals surface area contributed by atoms with E-state index in [2.05, 4.69) is 10.3 Å². The Morgan fingerprint density at radius 2 is 1.84 bits per heavy atom. The number of anilines is 1. The predicted octanol–water partition coefficient (Wildman–Crippen LogP) is 4.52. The van der Waals surface area contributed by atoms with Crippen molar-refractivity contribution in [1.29, 1.82) is 0 Å². The van der Waals surface area contributed by atoms with E-state index >= 15 is 0 Å². The molecule has 1 N–H and O–H groups in total. The molecule has 0 radical (unpaired) electrons. The van der Waals surface area contributed by atoms with Crippen molar-refractivity contribution in [2.45, 2.75) is 33.7 Å². The lowest BCUT2D eigenvalue weighted by molar-refractivity contribution is 0.593. The van der Waals surface area contributed by atoms with E-state index in [9.17, 15) is 8.78 Å². The van der Waals surface area contributed by atoms with Gasteiger partial charge >= 0.3 is 0 Å². The van der Waals surface area contributed by atoms with Gasteiger partial charge in [-0.25, -0.2) is 13.8 Å². The van der Waals surface area contributed by atoms with Gasteiger partial charge < -0.3 is 5.32 Å². The number of nitrogens with zero attached hydrogens (tertiary/aromatic N) is 1. The number of hydrogen-bond donors (Lipinski definition) is 1. The van der Waals surface area contributed by atoms with Crippen molar-refractivity contribution in [3.05, 3.63) is 44.9 Å². The Hall–Kier alpha value is -1.49. The van der Waals surface area contributed by atoms with Crippen molar-refractivity contribution >= 4 is 17.0 Å². The van der Waals surface area contributed by atoms with Crippen LogP contribution in [0.2, 0.25) is 0 Å². The Morgan fingerprint density at radius 1 is 1.16 bits per heavy atom. The minimum absolute atomic E-state index is 0.109. The van der Waals surface area contributed by atoms with Gasteiger partial charge in [-0.2, -0.15) is 0 Å². The summed E-state index contributed by atoms with van der Waals surface area (Å²) in [5.74, 6) is -0.849. The molecule has 1 atom stereocenters. The topological polar surface area (TPSA) is 24.9 Å². The normalized spacial score (nSPS) is 12.5. The first kappa shape index (κ1) is 13.9. The molecule has 2 nitrogen and oxygen atoms in total. The molecular weight excluding hydrogens is 266 g/mol. The van der Waals surface area contributed by atoms with E-state index in [1.807, 2.05) is 20.8 Å². The van der Waals surface area contributed by atoms with E-state index < -0.39 is 11.6 Å². The SMILES string of the molecule is Cc1nc(C)c(C(C)Nc2cc(F)c(C)cc2F)s1. The second kappa shape index (κ2) is 5.25. The zero-order valence-corrected chi connectivity index (χ0v) is 12.2. The van der Waals surface area contributed by atoms with E-state index in [0.717, 1.165) is 15.6 Å². The zero-order valence-electron chi connectivity index (χ0n) is 11.3. The lowest BCUT2D eigenvalue weighted by Gasteiger charge is -2.15. The molecule has 5 heteroatoms. The number of halogens is 2. The molecule has 1 aromatic carbocycles. The van der Waals surface area contributed by atoms with E-state index in [1.54, 1.807) is 18.3 Å². The molecule has 0 saturated heterocycles. The highest BCUT2D eigenvalue weighted by atomic mass is 32.1. The molecule has 0 fully saturated rings. The molecule has 0 aliphatic carbocycles. The predicted molar refractivity (Wildman–Crippen MR) is 74.7 cm³/mol. The van der Waals surface area contributed by atoms with Crippen LogP contribution in [-0.4, -0.2) is 4.98 Å². The Labute approximate surface area is 115 Å². The van der Waals surface area contributed by atoms with Crippen molar-refractivity contribution in [3.63, 3.8) is 0 Å². The van der Waals surface area contributed by atoms with Gasteiger partial charge in [0.1, 0.15) is 11.6 Å². The maximum atomic E-state index is 13.8. The third kappa shape index (κ3) is 2.92. The molecule has 1 heterocycles. The first-order valence-corrected chi connectivity index (χ1v) is 6.86. The van der Waals surface area contributed by atoms with Gasteiger partial charge in [0.05, 0.1) is 22.4 Å². The minimum Gasteiger partial charge on any atom is -0.375 e. The molecular formula is C14H16F2N2S. The molecule has 0 spiro atoms. The van der Waals surface area contributed by atoms with E-state index in [0.29, 0.717) is 5.56 Å². The fourth-order valence-electron chi connectivity index (χ4n) is 2.00. The van der Waals surface area contributed by atoms with Crippen molar-refractivity contribution in [3.8, 4) is 0 Å². The summed E-state index contributed by atoms with van der Waals surface area (Å²) in [7, 11) is 0. The molecule has 0 aliphatic rings. The van der Waals surface area contributed by atoms with Crippen LogP contribution in [0.15, 0.2) is 12.1 Å². The molecule has 2 aromatic rings. The first-order chi connectivity index (χ1) is 8.88. The number of thiazole rings is 1. The van der Waals surface area contributed by atoms with Crippen LogP contribution in [0.1, 0.15) is 34.1 Å². The van der Waals surface area contributed by atoms with Crippen molar-refractivity contribution < 1.29 is 8.78 Å². The second-order valence-corrected chi connectivity index (χ2v) is 5.86. The number of nitrogens with one attached hydrogen (secondary N) is 1. The van der Waals surface area contributed by atoms with Crippen molar-refractivity contribution in [1.82, 2.24) is 4.98 Å². The first-order valence-electron chi connectivity index (χ1n) is 6.04. The number of benzene rings is 1. The Kier molecular flexibility index (Phi) is 3.85. The van der Waals surface area contributed by atoms with Crippen LogP contribution < -0.4 is 5.32 Å². The lowest BCUT2D eigenvalue weighted by Crippen LogP contribution is -2.08. The Bertz CT molecular complexity index is 608. The fraction of sp³-hybridized carbons (Fsp3) is 0.357. The van der Waals surface area contributed by atoms with Crippen LogP contribution in [0.5, 0.6) is 0 Å². The maximum Gasteiger partial charge on any atom is 0.146 e. The largest absolute Gasteiger partial charge is 0.375 e. The monoisotopic (exact) mass is 282 g/mol. The van der Waals surface area contributed by atoms with Crippen LogP contribution in [0, 0.1) is 32.4 Å². The molecule has 19 heavy (non-hydrogen) atoms. The zero-order chi connectivity index (χ0) is 14.2. The van der Waals surface area contributed by atoms with Gasteiger partial charge in [0.2, 0.25) is 0 Å².